The lowest BCUT2D eigenvalue weighted by Gasteiger charge is -2.07. The summed E-state index contributed by atoms with van der Waals surface area (Å²) >= 11 is 0. The minimum Gasteiger partial charge on any atom is -0.479 e. The first-order valence-corrected chi connectivity index (χ1v) is 4.44. The predicted octanol–water partition coefficient (Wildman–Crippen LogP) is 1.11. The Morgan fingerprint density at radius 3 is 3.00 bits per heavy atom. The fraction of sp³-hybridized carbons (Fsp3) is 0.400. The molecule has 0 saturated carbocycles. The van der Waals surface area contributed by atoms with Gasteiger partial charge in [0.05, 0.1) is 6.61 Å². The molecule has 0 unspecified atom stereocenters. The van der Waals surface area contributed by atoms with E-state index in [-0.39, 0.29) is 0 Å². The molecule has 1 aromatic rings. The van der Waals surface area contributed by atoms with E-state index in [1.165, 1.54) is 6.92 Å². The molecule has 76 valence electrons. The molecule has 1 heterocycles. The fourth-order valence-corrected chi connectivity index (χ4v) is 0.958. The third-order valence-electron chi connectivity index (χ3n) is 1.80. The Hall–Kier alpha value is -1.42. The molecule has 4 heteroatoms. The van der Waals surface area contributed by atoms with Gasteiger partial charge in [-0.3, -0.25) is 4.98 Å². The van der Waals surface area contributed by atoms with Gasteiger partial charge in [-0.15, -0.1) is 0 Å². The van der Waals surface area contributed by atoms with Gasteiger partial charge in [-0.25, -0.2) is 4.79 Å². The number of pyridine rings is 1. The zero-order valence-electron chi connectivity index (χ0n) is 8.01. The molecule has 1 N–H and O–H groups in total. The molecule has 0 bridgehead atoms. The van der Waals surface area contributed by atoms with E-state index >= 15 is 0 Å². The summed E-state index contributed by atoms with van der Waals surface area (Å²) in [6, 6.07) is 5.61. The van der Waals surface area contributed by atoms with Crippen molar-refractivity contribution in [1.82, 2.24) is 4.98 Å². The van der Waals surface area contributed by atoms with Gasteiger partial charge in [-0.2, -0.15) is 0 Å². The van der Waals surface area contributed by atoms with Gasteiger partial charge in [0.2, 0.25) is 0 Å². The summed E-state index contributed by atoms with van der Waals surface area (Å²) in [5.74, 6) is -0.939. The summed E-state index contributed by atoms with van der Waals surface area (Å²) < 4.78 is 5.07. The molecule has 1 aromatic heterocycles. The van der Waals surface area contributed by atoms with Crippen molar-refractivity contribution in [2.24, 2.45) is 0 Å². The Morgan fingerprint density at radius 1 is 1.64 bits per heavy atom. The fourth-order valence-electron chi connectivity index (χ4n) is 0.958. The quantitative estimate of drug-likeness (QED) is 0.764. The van der Waals surface area contributed by atoms with Crippen molar-refractivity contribution in [3.63, 3.8) is 0 Å². The van der Waals surface area contributed by atoms with Crippen LogP contribution in [0.4, 0.5) is 0 Å². The lowest BCUT2D eigenvalue weighted by atomic mass is 10.3. The second-order valence-electron chi connectivity index (χ2n) is 2.92. The molecule has 1 atom stereocenters. The van der Waals surface area contributed by atoms with E-state index < -0.39 is 12.1 Å². The Morgan fingerprint density at radius 2 is 2.43 bits per heavy atom. The van der Waals surface area contributed by atoms with Crippen LogP contribution in [0.25, 0.3) is 0 Å². The first kappa shape index (κ1) is 10.7. The highest BCUT2D eigenvalue weighted by Gasteiger charge is 2.10. The summed E-state index contributed by atoms with van der Waals surface area (Å²) in [7, 11) is 0. The maximum Gasteiger partial charge on any atom is 0.332 e. The van der Waals surface area contributed by atoms with Crippen molar-refractivity contribution in [3.05, 3.63) is 30.1 Å². The van der Waals surface area contributed by atoms with Crippen LogP contribution in [0, 0.1) is 0 Å². The molecule has 4 nitrogen and oxygen atoms in total. The Labute approximate surface area is 82.5 Å². The molecule has 0 spiro atoms. The van der Waals surface area contributed by atoms with Crippen LogP contribution in [0.2, 0.25) is 0 Å². The summed E-state index contributed by atoms with van der Waals surface area (Å²) in [6.45, 7) is 1.89. The molecule has 0 saturated heterocycles. The summed E-state index contributed by atoms with van der Waals surface area (Å²) in [4.78, 5) is 14.5. The van der Waals surface area contributed by atoms with E-state index in [0.717, 1.165) is 5.69 Å². The predicted molar refractivity (Wildman–Crippen MR) is 51.0 cm³/mol. The molecular formula is C10H13NO3. The highest BCUT2D eigenvalue weighted by Crippen LogP contribution is 1.97. The number of carboxylic acid groups (broad SMARTS) is 1. The first-order chi connectivity index (χ1) is 6.70. The van der Waals surface area contributed by atoms with Crippen LogP contribution in [0.1, 0.15) is 12.6 Å². The normalized spacial score (nSPS) is 12.4. The molecular weight excluding hydrogens is 182 g/mol. The number of rotatable bonds is 5. The minimum absolute atomic E-state index is 0.379. The van der Waals surface area contributed by atoms with Gasteiger partial charge >= 0.3 is 5.97 Å². The van der Waals surface area contributed by atoms with Crippen molar-refractivity contribution < 1.29 is 14.6 Å². The van der Waals surface area contributed by atoms with Gasteiger partial charge in [0, 0.05) is 18.3 Å². The Bertz CT molecular complexity index is 287. The van der Waals surface area contributed by atoms with Crippen molar-refractivity contribution >= 4 is 5.97 Å². The van der Waals surface area contributed by atoms with Crippen LogP contribution in [-0.4, -0.2) is 28.8 Å². The number of nitrogens with zero attached hydrogens (tertiary/aromatic N) is 1. The lowest BCUT2D eigenvalue weighted by Crippen LogP contribution is -2.21. The van der Waals surface area contributed by atoms with E-state index in [4.69, 9.17) is 9.84 Å². The topological polar surface area (TPSA) is 59.4 Å². The number of carbonyl (C=O) groups is 1. The third kappa shape index (κ3) is 3.53. The Balaban J connectivity index is 2.26. The molecule has 0 aromatic carbocycles. The second-order valence-corrected chi connectivity index (χ2v) is 2.92. The van der Waals surface area contributed by atoms with Crippen LogP contribution in [0.5, 0.6) is 0 Å². The monoisotopic (exact) mass is 195 g/mol. The van der Waals surface area contributed by atoms with Crippen molar-refractivity contribution in [2.45, 2.75) is 19.4 Å². The van der Waals surface area contributed by atoms with E-state index in [0.29, 0.717) is 13.0 Å². The average Bonchev–Trinajstić information content (AvgIpc) is 2.19. The number of aromatic nitrogens is 1. The molecule has 0 aliphatic heterocycles. The van der Waals surface area contributed by atoms with E-state index in [2.05, 4.69) is 4.98 Å². The largest absolute Gasteiger partial charge is 0.479 e. The molecule has 0 fully saturated rings. The molecule has 1 rings (SSSR count). The van der Waals surface area contributed by atoms with Crippen molar-refractivity contribution in [3.8, 4) is 0 Å². The van der Waals surface area contributed by atoms with Crippen LogP contribution in [0.3, 0.4) is 0 Å². The van der Waals surface area contributed by atoms with Crippen LogP contribution < -0.4 is 0 Å². The number of hydrogen-bond donors (Lipinski definition) is 1. The second kappa shape index (κ2) is 5.34. The minimum atomic E-state index is -0.939. The van der Waals surface area contributed by atoms with E-state index in [9.17, 15) is 4.79 Å². The molecule has 0 radical (unpaired) electrons. The number of aliphatic carboxylic acids is 1. The highest BCUT2D eigenvalue weighted by molar-refractivity contribution is 5.71. The van der Waals surface area contributed by atoms with Crippen LogP contribution in [0.15, 0.2) is 24.4 Å². The summed E-state index contributed by atoms with van der Waals surface area (Å²) in [6.07, 6.45) is 1.59. The van der Waals surface area contributed by atoms with Gasteiger partial charge in [-0.1, -0.05) is 6.07 Å². The lowest BCUT2D eigenvalue weighted by molar-refractivity contribution is -0.149. The van der Waals surface area contributed by atoms with Crippen molar-refractivity contribution in [1.29, 1.82) is 0 Å². The van der Waals surface area contributed by atoms with Crippen LogP contribution >= 0.6 is 0 Å². The molecule has 0 aliphatic rings. The summed E-state index contributed by atoms with van der Waals surface area (Å²) in [5, 5.41) is 8.54. The maximum absolute atomic E-state index is 10.4. The van der Waals surface area contributed by atoms with Gasteiger partial charge in [-0.05, 0) is 19.1 Å². The number of ether oxygens (including phenoxy) is 1. The molecule has 14 heavy (non-hydrogen) atoms. The van der Waals surface area contributed by atoms with Gasteiger partial charge < -0.3 is 9.84 Å². The van der Waals surface area contributed by atoms with Crippen LogP contribution in [-0.2, 0) is 16.0 Å². The van der Waals surface area contributed by atoms with E-state index in [1.807, 2.05) is 18.2 Å². The zero-order chi connectivity index (χ0) is 10.4. The molecule has 0 amide bonds. The zero-order valence-corrected chi connectivity index (χ0v) is 8.01. The van der Waals surface area contributed by atoms with Gasteiger partial charge in [0.15, 0.2) is 6.10 Å². The maximum atomic E-state index is 10.4. The number of carboxylic acids is 1. The summed E-state index contributed by atoms with van der Waals surface area (Å²) in [5.41, 5.74) is 0.907. The van der Waals surface area contributed by atoms with Crippen molar-refractivity contribution in [2.75, 3.05) is 6.61 Å². The SMILES string of the molecule is C[C@@H](OCCc1ccccn1)C(=O)O. The smallest absolute Gasteiger partial charge is 0.332 e. The van der Waals surface area contributed by atoms with Gasteiger partial charge in [0.1, 0.15) is 0 Å². The number of hydrogen-bond acceptors (Lipinski definition) is 3. The van der Waals surface area contributed by atoms with E-state index in [1.54, 1.807) is 6.20 Å². The average molecular weight is 195 g/mol. The standard InChI is InChI=1S/C10H13NO3/c1-8(10(12)13)14-7-5-9-4-2-3-6-11-9/h2-4,6,8H,5,7H2,1H3,(H,12,13)/t8-/m1/s1. The Kier molecular flexibility index (Phi) is 4.07. The highest BCUT2D eigenvalue weighted by atomic mass is 16.5. The van der Waals surface area contributed by atoms with Gasteiger partial charge in [0.25, 0.3) is 0 Å². The first-order valence-electron chi connectivity index (χ1n) is 4.44. The molecule has 0 aliphatic carbocycles. The third-order valence-corrected chi connectivity index (χ3v) is 1.80.